The highest BCUT2D eigenvalue weighted by Crippen LogP contribution is 2.20. The van der Waals surface area contributed by atoms with Crippen molar-refractivity contribution in [3.8, 4) is 0 Å². The molecule has 2 rings (SSSR count). The number of oxazole rings is 1. The third-order valence-corrected chi connectivity index (χ3v) is 2.85. The Balaban J connectivity index is 1.77. The number of hydrogen-bond acceptors (Lipinski definition) is 5. The van der Waals surface area contributed by atoms with Crippen molar-refractivity contribution in [3.05, 3.63) is 23.6 Å². The molecule has 0 amide bonds. The van der Waals surface area contributed by atoms with Crippen LogP contribution in [0.3, 0.4) is 0 Å². The van der Waals surface area contributed by atoms with Gasteiger partial charge in [0.2, 0.25) is 0 Å². The van der Waals surface area contributed by atoms with Crippen molar-refractivity contribution >= 4 is 12.0 Å². The molecular weight excluding hydrogens is 232 g/mol. The van der Waals surface area contributed by atoms with E-state index < -0.39 is 5.97 Å². The molecule has 0 saturated heterocycles. The summed E-state index contributed by atoms with van der Waals surface area (Å²) in [5, 5.41) is 3.06. The SMILES string of the molecule is CCOC(=O)c1coc(NCCC2=CCCC2)n1. The van der Waals surface area contributed by atoms with Crippen LogP contribution in [0, 0.1) is 0 Å². The first-order valence-electron chi connectivity index (χ1n) is 6.34. The van der Waals surface area contributed by atoms with Gasteiger partial charge in [-0.25, -0.2) is 4.79 Å². The summed E-state index contributed by atoms with van der Waals surface area (Å²) in [7, 11) is 0. The summed E-state index contributed by atoms with van der Waals surface area (Å²) in [6.45, 7) is 2.86. The van der Waals surface area contributed by atoms with Crippen molar-refractivity contribution in [1.82, 2.24) is 4.98 Å². The average molecular weight is 250 g/mol. The zero-order valence-electron chi connectivity index (χ0n) is 10.6. The van der Waals surface area contributed by atoms with Crippen LogP contribution in [-0.4, -0.2) is 24.1 Å². The highest BCUT2D eigenvalue weighted by atomic mass is 16.5. The minimum absolute atomic E-state index is 0.208. The van der Waals surface area contributed by atoms with E-state index in [0.717, 1.165) is 13.0 Å². The van der Waals surface area contributed by atoms with Gasteiger partial charge in [-0.05, 0) is 32.6 Å². The van der Waals surface area contributed by atoms with Crippen molar-refractivity contribution in [1.29, 1.82) is 0 Å². The molecule has 1 aromatic heterocycles. The van der Waals surface area contributed by atoms with E-state index in [2.05, 4.69) is 16.4 Å². The van der Waals surface area contributed by atoms with E-state index in [1.54, 1.807) is 6.92 Å². The Hall–Kier alpha value is -1.78. The summed E-state index contributed by atoms with van der Waals surface area (Å²) in [5.74, 6) is -0.451. The maximum atomic E-state index is 11.4. The summed E-state index contributed by atoms with van der Waals surface area (Å²) in [6.07, 6.45) is 8.26. The largest absolute Gasteiger partial charge is 0.461 e. The molecule has 0 radical (unpaired) electrons. The lowest BCUT2D eigenvalue weighted by atomic mass is 10.2. The Morgan fingerprint density at radius 3 is 3.22 bits per heavy atom. The third-order valence-electron chi connectivity index (χ3n) is 2.85. The smallest absolute Gasteiger partial charge is 0.360 e. The number of carbonyl (C=O) groups excluding carboxylic acids is 1. The normalized spacial score (nSPS) is 14.4. The summed E-state index contributed by atoms with van der Waals surface area (Å²) in [5.41, 5.74) is 1.69. The molecule has 1 aliphatic rings. The fraction of sp³-hybridized carbons (Fsp3) is 0.538. The van der Waals surface area contributed by atoms with Crippen molar-refractivity contribution in [2.24, 2.45) is 0 Å². The minimum atomic E-state index is -0.451. The molecule has 5 nitrogen and oxygen atoms in total. The Morgan fingerprint density at radius 1 is 1.61 bits per heavy atom. The molecule has 1 heterocycles. The van der Waals surface area contributed by atoms with Crippen LogP contribution < -0.4 is 5.32 Å². The van der Waals surface area contributed by atoms with Crippen LogP contribution >= 0.6 is 0 Å². The first-order chi connectivity index (χ1) is 8.79. The van der Waals surface area contributed by atoms with Gasteiger partial charge in [0.15, 0.2) is 5.69 Å². The van der Waals surface area contributed by atoms with E-state index in [9.17, 15) is 4.79 Å². The summed E-state index contributed by atoms with van der Waals surface area (Å²) >= 11 is 0. The highest BCUT2D eigenvalue weighted by molar-refractivity contribution is 5.87. The minimum Gasteiger partial charge on any atom is -0.461 e. The summed E-state index contributed by atoms with van der Waals surface area (Å²) in [6, 6.07) is 0.372. The lowest BCUT2D eigenvalue weighted by molar-refractivity contribution is 0.0519. The lowest BCUT2D eigenvalue weighted by Gasteiger charge is -2.02. The van der Waals surface area contributed by atoms with Gasteiger partial charge >= 0.3 is 5.97 Å². The first kappa shape index (κ1) is 12.7. The summed E-state index contributed by atoms with van der Waals surface area (Å²) in [4.78, 5) is 15.4. The molecule has 98 valence electrons. The van der Waals surface area contributed by atoms with E-state index >= 15 is 0 Å². The number of nitrogens with zero attached hydrogens (tertiary/aromatic N) is 1. The number of carbonyl (C=O) groups is 1. The molecule has 1 aromatic rings. The molecule has 0 fully saturated rings. The summed E-state index contributed by atoms with van der Waals surface area (Å²) < 4.78 is 9.98. The number of anilines is 1. The van der Waals surface area contributed by atoms with Crippen LogP contribution in [0.1, 0.15) is 43.1 Å². The molecular formula is C13H18N2O3. The van der Waals surface area contributed by atoms with Crippen molar-refractivity contribution < 1.29 is 13.9 Å². The van der Waals surface area contributed by atoms with Gasteiger partial charge < -0.3 is 14.5 Å². The van der Waals surface area contributed by atoms with Crippen LogP contribution in [-0.2, 0) is 4.74 Å². The maximum absolute atomic E-state index is 11.4. The van der Waals surface area contributed by atoms with E-state index in [1.165, 1.54) is 31.1 Å². The average Bonchev–Trinajstić information content (AvgIpc) is 3.00. The molecule has 0 aliphatic heterocycles. The highest BCUT2D eigenvalue weighted by Gasteiger charge is 2.12. The molecule has 0 spiro atoms. The molecule has 0 aromatic carbocycles. The maximum Gasteiger partial charge on any atom is 0.360 e. The van der Waals surface area contributed by atoms with Gasteiger partial charge in [0, 0.05) is 6.54 Å². The molecule has 0 saturated carbocycles. The Bertz CT molecular complexity index is 437. The number of hydrogen-bond donors (Lipinski definition) is 1. The number of esters is 1. The second-order valence-electron chi connectivity index (χ2n) is 4.19. The number of allylic oxidation sites excluding steroid dienone is 1. The molecule has 0 unspecified atom stereocenters. The van der Waals surface area contributed by atoms with Crippen LogP contribution in [0.2, 0.25) is 0 Å². The Labute approximate surface area is 106 Å². The second kappa shape index (κ2) is 6.23. The Kier molecular flexibility index (Phi) is 4.39. The molecule has 1 N–H and O–H groups in total. The number of nitrogens with one attached hydrogen (secondary N) is 1. The predicted octanol–water partition coefficient (Wildman–Crippen LogP) is 2.76. The van der Waals surface area contributed by atoms with Crippen LogP contribution in [0.25, 0.3) is 0 Å². The van der Waals surface area contributed by atoms with Gasteiger partial charge in [0.1, 0.15) is 6.26 Å². The van der Waals surface area contributed by atoms with Crippen molar-refractivity contribution in [2.75, 3.05) is 18.5 Å². The van der Waals surface area contributed by atoms with Crippen LogP contribution in [0.5, 0.6) is 0 Å². The monoisotopic (exact) mass is 250 g/mol. The zero-order chi connectivity index (χ0) is 12.8. The Morgan fingerprint density at radius 2 is 2.50 bits per heavy atom. The number of aromatic nitrogens is 1. The van der Waals surface area contributed by atoms with Gasteiger partial charge in [0.25, 0.3) is 6.01 Å². The van der Waals surface area contributed by atoms with Gasteiger partial charge in [0.05, 0.1) is 6.61 Å². The quantitative estimate of drug-likeness (QED) is 0.621. The fourth-order valence-electron chi connectivity index (χ4n) is 1.95. The van der Waals surface area contributed by atoms with E-state index in [0.29, 0.717) is 12.6 Å². The lowest BCUT2D eigenvalue weighted by Crippen LogP contribution is -2.06. The van der Waals surface area contributed by atoms with Gasteiger partial charge in [-0.3, -0.25) is 0 Å². The zero-order valence-corrected chi connectivity index (χ0v) is 10.6. The number of rotatable bonds is 6. The predicted molar refractivity (Wildman–Crippen MR) is 67.5 cm³/mol. The molecule has 5 heteroatoms. The second-order valence-corrected chi connectivity index (χ2v) is 4.19. The number of ether oxygens (including phenoxy) is 1. The third kappa shape index (κ3) is 3.35. The molecule has 0 atom stereocenters. The van der Waals surface area contributed by atoms with Crippen molar-refractivity contribution in [3.63, 3.8) is 0 Å². The van der Waals surface area contributed by atoms with E-state index in [-0.39, 0.29) is 5.69 Å². The van der Waals surface area contributed by atoms with Crippen molar-refractivity contribution in [2.45, 2.75) is 32.6 Å². The van der Waals surface area contributed by atoms with E-state index in [4.69, 9.17) is 9.15 Å². The fourth-order valence-corrected chi connectivity index (χ4v) is 1.95. The van der Waals surface area contributed by atoms with Gasteiger partial charge in [-0.2, -0.15) is 4.98 Å². The van der Waals surface area contributed by atoms with Gasteiger partial charge in [-0.1, -0.05) is 11.6 Å². The molecule has 0 bridgehead atoms. The van der Waals surface area contributed by atoms with Crippen LogP contribution in [0.15, 0.2) is 22.3 Å². The first-order valence-corrected chi connectivity index (χ1v) is 6.34. The topological polar surface area (TPSA) is 64.4 Å². The van der Waals surface area contributed by atoms with Gasteiger partial charge in [-0.15, -0.1) is 0 Å². The molecule has 18 heavy (non-hydrogen) atoms. The van der Waals surface area contributed by atoms with Crippen LogP contribution in [0.4, 0.5) is 6.01 Å². The standard InChI is InChI=1S/C13H18N2O3/c1-2-17-12(16)11-9-18-13(15-11)14-8-7-10-5-3-4-6-10/h5,9H,2-4,6-8H2,1H3,(H,14,15). The van der Waals surface area contributed by atoms with E-state index in [1.807, 2.05) is 0 Å². The molecule has 1 aliphatic carbocycles.